The van der Waals surface area contributed by atoms with Gasteiger partial charge in [-0.2, -0.15) is 0 Å². The first-order valence-electron chi connectivity index (χ1n) is 9.86. The molecule has 2 aromatic carbocycles. The van der Waals surface area contributed by atoms with Gasteiger partial charge in [-0.15, -0.1) is 0 Å². The van der Waals surface area contributed by atoms with Crippen LogP contribution in [0.3, 0.4) is 0 Å². The molecule has 2 rings (SSSR count). The van der Waals surface area contributed by atoms with Gasteiger partial charge in [0.15, 0.2) is 0 Å². The summed E-state index contributed by atoms with van der Waals surface area (Å²) in [5, 5.41) is 2.95. The third-order valence-electron chi connectivity index (χ3n) is 4.73. The average Bonchev–Trinajstić information content (AvgIpc) is 2.72. The highest BCUT2D eigenvalue weighted by atomic mass is 79.9. The normalized spacial score (nSPS) is 11.7. The van der Waals surface area contributed by atoms with Crippen molar-refractivity contribution in [3.63, 3.8) is 0 Å². The minimum absolute atomic E-state index is 0.00934. The molecule has 150 valence electrons. The van der Waals surface area contributed by atoms with E-state index >= 15 is 0 Å². The number of halogens is 1. The number of hydrogen-bond donors (Lipinski definition) is 1. The molecule has 2 aromatic rings. The Hall–Kier alpha value is -2.14. The van der Waals surface area contributed by atoms with Crippen LogP contribution in [0.5, 0.6) is 0 Å². The molecule has 0 aliphatic rings. The van der Waals surface area contributed by atoms with Crippen LogP contribution in [0.1, 0.15) is 44.2 Å². The fourth-order valence-electron chi connectivity index (χ4n) is 2.94. The minimum atomic E-state index is -0.510. The molecule has 0 saturated heterocycles. The number of aryl methyl sites for hydroxylation is 1. The maximum absolute atomic E-state index is 13.0. The maximum Gasteiger partial charge on any atom is 0.242 e. The second kappa shape index (κ2) is 11.6. The predicted octanol–water partition coefficient (Wildman–Crippen LogP) is 4.72. The Bertz CT molecular complexity index is 747. The topological polar surface area (TPSA) is 49.4 Å². The van der Waals surface area contributed by atoms with Crippen LogP contribution in [-0.2, 0) is 22.6 Å². The molecule has 0 aliphatic carbocycles. The van der Waals surface area contributed by atoms with Gasteiger partial charge >= 0.3 is 0 Å². The van der Waals surface area contributed by atoms with Crippen molar-refractivity contribution in [3.05, 3.63) is 70.2 Å². The van der Waals surface area contributed by atoms with E-state index < -0.39 is 6.04 Å². The Labute approximate surface area is 176 Å². The first-order valence-corrected chi connectivity index (χ1v) is 10.7. The Morgan fingerprint density at radius 1 is 1.04 bits per heavy atom. The summed E-state index contributed by atoms with van der Waals surface area (Å²) in [4.78, 5) is 27.3. The Balaban J connectivity index is 2.08. The number of rotatable bonds is 10. The van der Waals surface area contributed by atoms with Crippen LogP contribution in [0.25, 0.3) is 0 Å². The lowest BCUT2D eigenvalue weighted by Crippen LogP contribution is -2.47. The van der Waals surface area contributed by atoms with Gasteiger partial charge < -0.3 is 10.2 Å². The van der Waals surface area contributed by atoms with Crippen LogP contribution >= 0.6 is 15.9 Å². The fraction of sp³-hybridized carbons (Fsp3) is 0.391. The van der Waals surface area contributed by atoms with Crippen LogP contribution in [-0.4, -0.2) is 29.3 Å². The lowest BCUT2D eigenvalue weighted by molar-refractivity contribution is -0.140. The van der Waals surface area contributed by atoms with Crippen LogP contribution in [0.2, 0.25) is 0 Å². The summed E-state index contributed by atoms with van der Waals surface area (Å²) in [6.07, 6.45) is 3.01. The number of unbranched alkanes of at least 4 members (excludes halogenated alkanes) is 1. The molecule has 0 radical (unpaired) electrons. The molecule has 5 heteroatoms. The van der Waals surface area contributed by atoms with E-state index in [1.54, 1.807) is 11.8 Å². The first kappa shape index (κ1) is 22.2. The number of amides is 2. The quantitative estimate of drug-likeness (QED) is 0.539. The molecule has 28 heavy (non-hydrogen) atoms. The summed E-state index contributed by atoms with van der Waals surface area (Å²) in [6.45, 7) is 4.95. The maximum atomic E-state index is 13.0. The van der Waals surface area contributed by atoms with Crippen molar-refractivity contribution in [3.8, 4) is 0 Å². The first-order chi connectivity index (χ1) is 13.5. The Morgan fingerprint density at radius 3 is 2.36 bits per heavy atom. The summed E-state index contributed by atoms with van der Waals surface area (Å²) < 4.78 is 0.989. The van der Waals surface area contributed by atoms with Gasteiger partial charge in [0.25, 0.3) is 0 Å². The Kier molecular flexibility index (Phi) is 9.21. The summed E-state index contributed by atoms with van der Waals surface area (Å²) in [6, 6.07) is 17.3. The Morgan fingerprint density at radius 2 is 1.71 bits per heavy atom. The molecule has 0 saturated carbocycles. The van der Waals surface area contributed by atoms with Crippen molar-refractivity contribution >= 4 is 27.7 Å². The van der Waals surface area contributed by atoms with Crippen LogP contribution < -0.4 is 5.32 Å². The van der Waals surface area contributed by atoms with E-state index in [9.17, 15) is 9.59 Å². The zero-order chi connectivity index (χ0) is 20.4. The molecule has 1 unspecified atom stereocenters. The number of nitrogens with zero attached hydrogens (tertiary/aromatic N) is 1. The van der Waals surface area contributed by atoms with E-state index in [0.717, 1.165) is 28.4 Å². The fourth-order valence-corrected chi connectivity index (χ4v) is 3.21. The molecule has 0 fully saturated rings. The van der Waals surface area contributed by atoms with Crippen LogP contribution in [0.4, 0.5) is 0 Å². The summed E-state index contributed by atoms with van der Waals surface area (Å²) in [7, 11) is 0. The van der Waals surface area contributed by atoms with E-state index in [0.29, 0.717) is 25.9 Å². The largest absolute Gasteiger partial charge is 0.354 e. The smallest absolute Gasteiger partial charge is 0.242 e. The molecule has 4 nitrogen and oxygen atoms in total. The van der Waals surface area contributed by atoms with Gasteiger partial charge in [0, 0.05) is 24.0 Å². The highest BCUT2D eigenvalue weighted by Crippen LogP contribution is 2.16. The number of carbonyl (C=O) groups is 2. The lowest BCUT2D eigenvalue weighted by atomic mass is 10.1. The van der Waals surface area contributed by atoms with E-state index in [-0.39, 0.29) is 11.8 Å². The van der Waals surface area contributed by atoms with Gasteiger partial charge in [0.05, 0.1) is 0 Å². The van der Waals surface area contributed by atoms with E-state index in [4.69, 9.17) is 0 Å². The number of hydrogen-bond acceptors (Lipinski definition) is 2. The molecule has 2 amide bonds. The van der Waals surface area contributed by atoms with Gasteiger partial charge in [0.2, 0.25) is 11.8 Å². The summed E-state index contributed by atoms with van der Waals surface area (Å²) in [5.41, 5.74) is 2.13. The van der Waals surface area contributed by atoms with Crippen LogP contribution in [0, 0.1) is 0 Å². The number of carbonyl (C=O) groups excluding carboxylic acids is 2. The molecular formula is C23H29BrN2O2. The molecule has 0 heterocycles. The van der Waals surface area contributed by atoms with Crippen molar-refractivity contribution in [1.82, 2.24) is 10.2 Å². The molecule has 1 atom stereocenters. The summed E-state index contributed by atoms with van der Waals surface area (Å²) >= 11 is 3.43. The molecule has 0 aliphatic heterocycles. The van der Waals surface area contributed by atoms with Gasteiger partial charge in [-0.3, -0.25) is 9.59 Å². The van der Waals surface area contributed by atoms with E-state index in [1.165, 1.54) is 0 Å². The standard InChI is InChI=1S/C23H29BrN2O2/c1-3-4-16-25-23(28)18(2)26(17-20-10-13-21(24)14-11-20)22(27)15-12-19-8-6-5-7-9-19/h5-11,13-14,18H,3-4,12,15-17H2,1-2H3,(H,25,28). The summed E-state index contributed by atoms with van der Waals surface area (Å²) in [5.74, 6) is -0.108. The average molecular weight is 445 g/mol. The second-order valence-corrected chi connectivity index (χ2v) is 7.87. The number of nitrogens with one attached hydrogen (secondary N) is 1. The van der Waals surface area contributed by atoms with Crippen molar-refractivity contribution in [2.24, 2.45) is 0 Å². The molecule has 0 spiro atoms. The van der Waals surface area contributed by atoms with Crippen LogP contribution in [0.15, 0.2) is 59.1 Å². The van der Waals surface area contributed by atoms with Crippen molar-refractivity contribution < 1.29 is 9.59 Å². The van der Waals surface area contributed by atoms with Gasteiger partial charge in [-0.1, -0.05) is 71.7 Å². The third kappa shape index (κ3) is 7.12. The van der Waals surface area contributed by atoms with Crippen molar-refractivity contribution in [1.29, 1.82) is 0 Å². The molecular weight excluding hydrogens is 416 g/mol. The highest BCUT2D eigenvalue weighted by molar-refractivity contribution is 9.10. The van der Waals surface area contributed by atoms with E-state index in [1.807, 2.05) is 54.6 Å². The lowest BCUT2D eigenvalue weighted by Gasteiger charge is -2.29. The zero-order valence-electron chi connectivity index (χ0n) is 16.7. The third-order valence-corrected chi connectivity index (χ3v) is 5.26. The van der Waals surface area contributed by atoms with E-state index in [2.05, 4.69) is 28.2 Å². The van der Waals surface area contributed by atoms with Gasteiger partial charge in [-0.25, -0.2) is 0 Å². The van der Waals surface area contributed by atoms with Gasteiger partial charge in [0.1, 0.15) is 6.04 Å². The van der Waals surface area contributed by atoms with Crippen molar-refractivity contribution in [2.75, 3.05) is 6.54 Å². The molecule has 0 bridgehead atoms. The molecule has 1 N–H and O–H groups in total. The minimum Gasteiger partial charge on any atom is -0.354 e. The monoisotopic (exact) mass is 444 g/mol. The predicted molar refractivity (Wildman–Crippen MR) is 117 cm³/mol. The van der Waals surface area contributed by atoms with Crippen molar-refractivity contribution in [2.45, 2.75) is 52.1 Å². The SMILES string of the molecule is CCCCNC(=O)C(C)N(Cc1ccc(Br)cc1)C(=O)CCc1ccccc1. The molecule has 0 aromatic heterocycles. The number of benzene rings is 2. The van der Waals surface area contributed by atoms with Gasteiger partial charge in [-0.05, 0) is 43.0 Å². The zero-order valence-corrected chi connectivity index (χ0v) is 18.2. The second-order valence-electron chi connectivity index (χ2n) is 6.95. The highest BCUT2D eigenvalue weighted by Gasteiger charge is 2.25.